The fourth-order valence-corrected chi connectivity index (χ4v) is 3.13. The predicted octanol–water partition coefficient (Wildman–Crippen LogP) is 3.42. The van der Waals surface area contributed by atoms with E-state index in [2.05, 4.69) is 10.2 Å². The second-order valence-corrected chi connectivity index (χ2v) is 7.86. The molecule has 0 bridgehead atoms. The van der Waals surface area contributed by atoms with Crippen molar-refractivity contribution in [2.45, 2.75) is 13.1 Å². The van der Waals surface area contributed by atoms with Gasteiger partial charge in [-0.25, -0.2) is 0 Å². The molecule has 7 heteroatoms. The Kier molecular flexibility index (Phi) is 7.87. The quantitative estimate of drug-likeness (QED) is 0.555. The number of carbonyl (C=O) groups is 1. The molecule has 3 rings (SSSR count). The predicted molar refractivity (Wildman–Crippen MR) is 123 cm³/mol. The molecule has 0 radical (unpaired) electrons. The summed E-state index contributed by atoms with van der Waals surface area (Å²) in [6.07, 6.45) is 1.56. The smallest absolute Gasteiger partial charge is 0.253 e. The Morgan fingerprint density at radius 2 is 1.81 bits per heavy atom. The Morgan fingerprint density at radius 1 is 1.06 bits per heavy atom. The maximum atomic E-state index is 12.6. The van der Waals surface area contributed by atoms with Gasteiger partial charge in [-0.15, -0.1) is 0 Å². The Balaban J connectivity index is 1.59. The number of amides is 1. The van der Waals surface area contributed by atoms with E-state index < -0.39 is 0 Å². The van der Waals surface area contributed by atoms with Crippen LogP contribution in [0.1, 0.15) is 21.5 Å². The average molecular weight is 440 g/mol. The molecule has 0 unspecified atom stereocenters. The third-order valence-corrected chi connectivity index (χ3v) is 5.10. The van der Waals surface area contributed by atoms with Crippen molar-refractivity contribution in [3.63, 3.8) is 0 Å². The molecule has 2 aromatic carbocycles. The van der Waals surface area contributed by atoms with Gasteiger partial charge >= 0.3 is 0 Å². The summed E-state index contributed by atoms with van der Waals surface area (Å²) in [4.78, 5) is 26.9. The van der Waals surface area contributed by atoms with E-state index in [9.17, 15) is 9.59 Å². The summed E-state index contributed by atoms with van der Waals surface area (Å²) >= 11 is 6.19. The first-order valence-electron chi connectivity index (χ1n) is 10.0. The van der Waals surface area contributed by atoms with E-state index in [1.807, 2.05) is 56.6 Å². The summed E-state index contributed by atoms with van der Waals surface area (Å²) in [5.74, 6) is 0.544. The van der Waals surface area contributed by atoms with E-state index in [0.717, 1.165) is 23.4 Å². The minimum atomic E-state index is -0.251. The van der Waals surface area contributed by atoms with Crippen molar-refractivity contribution in [2.75, 3.05) is 27.2 Å². The number of halogens is 1. The number of rotatable bonds is 9. The zero-order valence-corrected chi connectivity index (χ0v) is 18.4. The maximum absolute atomic E-state index is 12.6. The number of nitrogens with zero attached hydrogens (tertiary/aromatic N) is 2. The third-order valence-electron chi connectivity index (χ3n) is 4.73. The monoisotopic (exact) mass is 439 g/mol. The Labute approximate surface area is 187 Å². The number of aromatic nitrogens is 1. The summed E-state index contributed by atoms with van der Waals surface area (Å²) in [6, 6.07) is 17.9. The van der Waals surface area contributed by atoms with Gasteiger partial charge in [0.15, 0.2) is 0 Å². The van der Waals surface area contributed by atoms with Crippen LogP contribution in [0, 0.1) is 0 Å². The second kappa shape index (κ2) is 10.8. The normalized spacial score (nSPS) is 10.8. The van der Waals surface area contributed by atoms with Crippen LogP contribution in [0.3, 0.4) is 0 Å². The molecule has 1 aromatic heterocycles. The highest BCUT2D eigenvalue weighted by molar-refractivity contribution is 6.31. The summed E-state index contributed by atoms with van der Waals surface area (Å²) in [7, 11) is 4.00. The summed E-state index contributed by atoms with van der Waals surface area (Å²) in [5, 5.41) is 3.47. The Bertz CT molecular complexity index is 1080. The van der Waals surface area contributed by atoms with Crippen molar-refractivity contribution in [2.24, 2.45) is 0 Å². The lowest BCUT2D eigenvalue weighted by atomic mass is 10.2. The molecule has 6 nitrogen and oxygen atoms in total. The maximum Gasteiger partial charge on any atom is 0.253 e. The zero-order valence-electron chi connectivity index (χ0n) is 17.7. The minimum absolute atomic E-state index is 0.193. The molecule has 162 valence electrons. The van der Waals surface area contributed by atoms with Gasteiger partial charge in [-0.05, 0) is 49.5 Å². The molecule has 0 aliphatic rings. The molecular weight excluding hydrogens is 414 g/mol. The second-order valence-electron chi connectivity index (χ2n) is 7.45. The molecule has 3 aromatic rings. The molecule has 0 fully saturated rings. The van der Waals surface area contributed by atoms with Crippen molar-refractivity contribution in [3.05, 3.63) is 98.9 Å². The number of nitrogens with one attached hydrogen (secondary N) is 1. The first-order valence-corrected chi connectivity index (χ1v) is 10.4. The molecule has 0 atom stereocenters. The first-order chi connectivity index (χ1) is 14.9. The minimum Gasteiger partial charge on any atom is -0.492 e. The van der Waals surface area contributed by atoms with Gasteiger partial charge in [0.05, 0.1) is 12.1 Å². The van der Waals surface area contributed by atoms with Crippen molar-refractivity contribution in [3.8, 4) is 5.75 Å². The number of ether oxygens (including phenoxy) is 1. The van der Waals surface area contributed by atoms with E-state index in [4.69, 9.17) is 16.3 Å². The molecule has 1 amide bonds. The van der Waals surface area contributed by atoms with Crippen LogP contribution in [-0.4, -0.2) is 42.6 Å². The van der Waals surface area contributed by atoms with Gasteiger partial charge in [0.2, 0.25) is 0 Å². The van der Waals surface area contributed by atoms with Gasteiger partial charge in [-0.3, -0.25) is 9.59 Å². The van der Waals surface area contributed by atoms with Gasteiger partial charge in [0, 0.05) is 30.4 Å². The van der Waals surface area contributed by atoms with Crippen LogP contribution in [0.15, 0.2) is 71.7 Å². The van der Waals surface area contributed by atoms with Crippen LogP contribution in [-0.2, 0) is 13.1 Å². The van der Waals surface area contributed by atoms with E-state index in [1.54, 1.807) is 12.3 Å². The number of likely N-dealkylation sites (N-methyl/N-ethyl adjacent to an activating group) is 1. The van der Waals surface area contributed by atoms with Crippen LogP contribution >= 0.6 is 11.6 Å². The van der Waals surface area contributed by atoms with Gasteiger partial charge in [0.1, 0.15) is 12.4 Å². The van der Waals surface area contributed by atoms with Gasteiger partial charge in [-0.1, -0.05) is 41.9 Å². The molecule has 0 aliphatic heterocycles. The van der Waals surface area contributed by atoms with Crippen LogP contribution in [0.25, 0.3) is 0 Å². The molecule has 31 heavy (non-hydrogen) atoms. The highest BCUT2D eigenvalue weighted by atomic mass is 35.5. The van der Waals surface area contributed by atoms with Crippen LogP contribution in [0.4, 0.5) is 0 Å². The molecule has 0 aliphatic carbocycles. The number of carbonyl (C=O) groups excluding carboxylic acids is 1. The van der Waals surface area contributed by atoms with Crippen LogP contribution in [0.2, 0.25) is 5.02 Å². The number of pyridine rings is 1. The van der Waals surface area contributed by atoms with E-state index >= 15 is 0 Å². The standard InChI is InChI=1S/C24H26ClN3O3/c1-27(2)13-14-31-21-10-7-18(8-11-21)15-26-24(30)20-9-12-23(29)28(17-20)16-19-5-3-4-6-22(19)25/h3-12,17H,13-16H2,1-2H3,(H,26,30). The molecule has 0 spiro atoms. The molecule has 0 saturated heterocycles. The van der Waals surface area contributed by atoms with E-state index in [1.165, 1.54) is 16.7 Å². The highest BCUT2D eigenvalue weighted by Gasteiger charge is 2.09. The lowest BCUT2D eigenvalue weighted by molar-refractivity contribution is 0.0950. The lowest BCUT2D eigenvalue weighted by Crippen LogP contribution is -2.26. The number of hydrogen-bond acceptors (Lipinski definition) is 4. The van der Waals surface area contributed by atoms with Crippen molar-refractivity contribution in [1.29, 1.82) is 0 Å². The summed E-state index contributed by atoms with van der Waals surface area (Å²) in [5.41, 5.74) is 1.99. The zero-order chi connectivity index (χ0) is 22.2. The topological polar surface area (TPSA) is 63.6 Å². The SMILES string of the molecule is CN(C)CCOc1ccc(CNC(=O)c2ccc(=O)n(Cc3ccccc3Cl)c2)cc1. The fourth-order valence-electron chi connectivity index (χ4n) is 2.93. The lowest BCUT2D eigenvalue weighted by Gasteiger charge is -2.12. The molecule has 0 saturated carbocycles. The molecule has 1 heterocycles. The van der Waals surface area contributed by atoms with Crippen molar-refractivity contribution in [1.82, 2.24) is 14.8 Å². The summed E-state index contributed by atoms with van der Waals surface area (Å²) in [6.45, 7) is 2.14. The Hall–Kier alpha value is -3.09. The van der Waals surface area contributed by atoms with Crippen molar-refractivity contribution < 1.29 is 9.53 Å². The molecule has 1 N–H and O–H groups in total. The van der Waals surface area contributed by atoms with Crippen LogP contribution in [0.5, 0.6) is 5.75 Å². The first kappa shape index (κ1) is 22.6. The highest BCUT2D eigenvalue weighted by Crippen LogP contribution is 2.16. The third kappa shape index (κ3) is 6.70. The van der Waals surface area contributed by atoms with Crippen LogP contribution < -0.4 is 15.6 Å². The average Bonchev–Trinajstić information content (AvgIpc) is 2.75. The van der Waals surface area contributed by atoms with Crippen molar-refractivity contribution >= 4 is 17.5 Å². The van der Waals surface area contributed by atoms with Gasteiger partial charge in [0.25, 0.3) is 11.5 Å². The van der Waals surface area contributed by atoms with E-state index in [0.29, 0.717) is 30.3 Å². The van der Waals surface area contributed by atoms with Gasteiger partial charge < -0.3 is 19.5 Å². The van der Waals surface area contributed by atoms with Gasteiger partial charge in [-0.2, -0.15) is 0 Å². The molecular formula is C24H26ClN3O3. The van der Waals surface area contributed by atoms with E-state index in [-0.39, 0.29) is 11.5 Å². The summed E-state index contributed by atoms with van der Waals surface area (Å²) < 4.78 is 7.16. The Morgan fingerprint density at radius 3 is 2.52 bits per heavy atom. The largest absolute Gasteiger partial charge is 0.492 e. The number of benzene rings is 2. The fraction of sp³-hybridized carbons (Fsp3) is 0.250. The number of hydrogen-bond donors (Lipinski definition) is 1.